The van der Waals surface area contributed by atoms with Gasteiger partial charge in [-0.2, -0.15) is 0 Å². The Morgan fingerprint density at radius 1 is 1.25 bits per heavy atom. The zero-order valence-electron chi connectivity index (χ0n) is 14.4. The van der Waals surface area contributed by atoms with E-state index in [0.717, 1.165) is 18.7 Å². The van der Waals surface area contributed by atoms with Crippen LogP contribution < -0.4 is 4.74 Å². The van der Waals surface area contributed by atoms with E-state index < -0.39 is 0 Å². The molecule has 0 radical (unpaired) electrons. The molecule has 0 saturated carbocycles. The van der Waals surface area contributed by atoms with Gasteiger partial charge in [-0.3, -0.25) is 4.79 Å². The summed E-state index contributed by atoms with van der Waals surface area (Å²) in [5.41, 5.74) is 3.83. The Bertz CT molecular complexity index is 744. The molecule has 126 valence electrons. The lowest BCUT2D eigenvalue weighted by Gasteiger charge is -2.25. The molecule has 2 aromatic carbocycles. The number of carbonyl (C=O) groups is 1. The van der Waals surface area contributed by atoms with Crippen LogP contribution in [0.2, 0.25) is 0 Å². The topological polar surface area (TPSA) is 29.5 Å². The number of methoxy groups -OCH3 is 1. The molecule has 1 atom stereocenters. The van der Waals surface area contributed by atoms with Gasteiger partial charge in [0.05, 0.1) is 7.11 Å². The van der Waals surface area contributed by atoms with E-state index in [2.05, 4.69) is 42.7 Å². The Labute approximate surface area is 148 Å². The number of thioether (sulfide) groups is 1. The van der Waals surface area contributed by atoms with Crippen molar-refractivity contribution in [3.05, 3.63) is 59.2 Å². The second kappa shape index (κ2) is 7.31. The highest BCUT2D eigenvalue weighted by Gasteiger charge is 2.26. The van der Waals surface area contributed by atoms with Crippen LogP contribution in [-0.4, -0.2) is 37.3 Å². The maximum atomic E-state index is 12.0. The van der Waals surface area contributed by atoms with E-state index in [0.29, 0.717) is 6.54 Å². The summed E-state index contributed by atoms with van der Waals surface area (Å²) < 4.78 is 5.44. The number of nitrogens with zero attached hydrogens (tertiary/aromatic N) is 1. The first kappa shape index (κ1) is 16.9. The van der Waals surface area contributed by atoms with Crippen molar-refractivity contribution in [1.82, 2.24) is 4.90 Å². The van der Waals surface area contributed by atoms with Crippen LogP contribution in [0.15, 0.2) is 47.4 Å². The third-order valence-electron chi connectivity index (χ3n) is 4.72. The molecule has 0 aromatic heterocycles. The minimum Gasteiger partial charge on any atom is -0.497 e. The van der Waals surface area contributed by atoms with Crippen LogP contribution in [0.5, 0.6) is 5.75 Å². The van der Waals surface area contributed by atoms with Crippen molar-refractivity contribution in [2.75, 3.05) is 26.5 Å². The zero-order chi connectivity index (χ0) is 17.1. The molecule has 1 amide bonds. The molecule has 4 heteroatoms. The number of benzene rings is 2. The molecular formula is C20H23NO2S. The molecule has 0 aliphatic carbocycles. The van der Waals surface area contributed by atoms with Crippen molar-refractivity contribution >= 4 is 17.7 Å². The van der Waals surface area contributed by atoms with Gasteiger partial charge < -0.3 is 9.64 Å². The van der Waals surface area contributed by atoms with Gasteiger partial charge in [-0.25, -0.2) is 0 Å². The third kappa shape index (κ3) is 3.44. The van der Waals surface area contributed by atoms with Gasteiger partial charge >= 0.3 is 0 Å². The highest BCUT2D eigenvalue weighted by atomic mass is 32.2. The lowest BCUT2D eigenvalue weighted by atomic mass is 9.88. The highest BCUT2D eigenvalue weighted by molar-refractivity contribution is 7.98. The Kier molecular flexibility index (Phi) is 5.14. The summed E-state index contributed by atoms with van der Waals surface area (Å²) >= 11 is 1.74. The molecule has 1 aliphatic rings. The minimum atomic E-state index is 0.140. The highest BCUT2D eigenvalue weighted by Crippen LogP contribution is 2.35. The van der Waals surface area contributed by atoms with Crippen molar-refractivity contribution in [3.8, 4) is 5.75 Å². The molecule has 0 saturated heterocycles. The molecule has 3 nitrogen and oxygen atoms in total. The number of rotatable bonds is 3. The minimum absolute atomic E-state index is 0.140. The van der Waals surface area contributed by atoms with Crippen LogP contribution in [0.3, 0.4) is 0 Å². The third-order valence-corrected chi connectivity index (χ3v) is 5.45. The van der Waals surface area contributed by atoms with E-state index in [1.165, 1.54) is 21.6 Å². The van der Waals surface area contributed by atoms with Crippen molar-refractivity contribution in [2.24, 2.45) is 0 Å². The summed E-state index contributed by atoms with van der Waals surface area (Å²) in [5, 5.41) is 0. The summed E-state index contributed by atoms with van der Waals surface area (Å²) in [6, 6.07) is 14.9. The molecule has 2 aromatic rings. The van der Waals surface area contributed by atoms with Gasteiger partial charge in [0.25, 0.3) is 0 Å². The fourth-order valence-corrected chi connectivity index (χ4v) is 3.82. The van der Waals surface area contributed by atoms with E-state index in [4.69, 9.17) is 4.74 Å². The number of hydrogen-bond donors (Lipinski definition) is 0. The predicted octanol–water partition coefficient (Wildman–Crippen LogP) is 3.95. The normalized spacial score (nSPS) is 17.1. The lowest BCUT2D eigenvalue weighted by Crippen LogP contribution is -2.33. The van der Waals surface area contributed by atoms with Gasteiger partial charge in [0.2, 0.25) is 5.91 Å². The van der Waals surface area contributed by atoms with E-state index >= 15 is 0 Å². The lowest BCUT2D eigenvalue weighted by molar-refractivity contribution is -0.128. The largest absolute Gasteiger partial charge is 0.497 e. The average Bonchev–Trinajstić information content (AvgIpc) is 2.81. The summed E-state index contributed by atoms with van der Waals surface area (Å²) in [5.74, 6) is 1.19. The number of amides is 1. The first-order chi connectivity index (χ1) is 11.6. The van der Waals surface area contributed by atoms with E-state index in [9.17, 15) is 4.79 Å². The van der Waals surface area contributed by atoms with Gasteiger partial charge in [0.15, 0.2) is 0 Å². The van der Waals surface area contributed by atoms with Crippen LogP contribution in [0, 0.1) is 0 Å². The quantitative estimate of drug-likeness (QED) is 0.792. The standard InChI is InChI=1S/C20H23NO2S/c1-14(22)21-10-9-15-7-8-17(23-2)12-19(15)20(13-21)16-5-4-6-18(11-16)24-3/h4-8,11-12,20H,9-10,13H2,1-3H3. The van der Waals surface area contributed by atoms with Crippen LogP contribution in [0.1, 0.15) is 29.5 Å². The second-order valence-corrected chi connectivity index (χ2v) is 6.99. The maximum Gasteiger partial charge on any atom is 0.219 e. The SMILES string of the molecule is COc1ccc2c(c1)C(c1cccc(SC)c1)CN(C(C)=O)CC2. The molecule has 1 heterocycles. The maximum absolute atomic E-state index is 12.0. The van der Waals surface area contributed by atoms with E-state index in [1.807, 2.05) is 11.0 Å². The molecular weight excluding hydrogens is 318 g/mol. The molecule has 0 spiro atoms. The molecule has 1 aliphatic heterocycles. The predicted molar refractivity (Wildman–Crippen MR) is 99.0 cm³/mol. The summed E-state index contributed by atoms with van der Waals surface area (Å²) in [6.45, 7) is 3.15. The molecule has 0 bridgehead atoms. The van der Waals surface area contributed by atoms with Crippen molar-refractivity contribution in [3.63, 3.8) is 0 Å². The van der Waals surface area contributed by atoms with Gasteiger partial charge in [-0.05, 0) is 53.6 Å². The number of ether oxygens (including phenoxy) is 1. The van der Waals surface area contributed by atoms with Crippen molar-refractivity contribution < 1.29 is 9.53 Å². The Morgan fingerprint density at radius 2 is 2.08 bits per heavy atom. The number of carbonyl (C=O) groups excluding carboxylic acids is 1. The molecule has 1 unspecified atom stereocenters. The van der Waals surface area contributed by atoms with Crippen LogP contribution >= 0.6 is 11.8 Å². The van der Waals surface area contributed by atoms with Gasteiger partial charge in [0, 0.05) is 30.8 Å². The van der Waals surface area contributed by atoms with Crippen LogP contribution in [0.4, 0.5) is 0 Å². The Hall–Kier alpha value is -1.94. The first-order valence-electron chi connectivity index (χ1n) is 8.18. The Morgan fingerprint density at radius 3 is 2.79 bits per heavy atom. The molecule has 3 rings (SSSR count). The smallest absolute Gasteiger partial charge is 0.219 e. The Balaban J connectivity index is 2.09. The van der Waals surface area contributed by atoms with Crippen molar-refractivity contribution in [1.29, 1.82) is 0 Å². The van der Waals surface area contributed by atoms with Crippen LogP contribution in [-0.2, 0) is 11.2 Å². The fraction of sp³-hybridized carbons (Fsp3) is 0.350. The fourth-order valence-electron chi connectivity index (χ4n) is 3.35. The van der Waals surface area contributed by atoms with Crippen LogP contribution in [0.25, 0.3) is 0 Å². The monoisotopic (exact) mass is 341 g/mol. The van der Waals surface area contributed by atoms with Gasteiger partial charge in [0.1, 0.15) is 5.75 Å². The molecule has 0 fully saturated rings. The zero-order valence-corrected chi connectivity index (χ0v) is 15.2. The average molecular weight is 341 g/mol. The van der Waals surface area contributed by atoms with E-state index in [1.54, 1.807) is 25.8 Å². The number of fused-ring (bicyclic) bond motifs is 1. The summed E-state index contributed by atoms with van der Waals surface area (Å²) in [7, 11) is 1.70. The van der Waals surface area contributed by atoms with E-state index in [-0.39, 0.29) is 11.8 Å². The first-order valence-corrected chi connectivity index (χ1v) is 9.41. The summed E-state index contributed by atoms with van der Waals surface area (Å²) in [6.07, 6.45) is 2.97. The number of hydrogen-bond acceptors (Lipinski definition) is 3. The molecule has 24 heavy (non-hydrogen) atoms. The van der Waals surface area contributed by atoms with Gasteiger partial charge in [-0.1, -0.05) is 18.2 Å². The molecule has 0 N–H and O–H groups in total. The van der Waals surface area contributed by atoms with Gasteiger partial charge in [-0.15, -0.1) is 11.8 Å². The summed E-state index contributed by atoms with van der Waals surface area (Å²) in [4.78, 5) is 15.2. The second-order valence-electron chi connectivity index (χ2n) is 6.11. The van der Waals surface area contributed by atoms with Crippen molar-refractivity contribution in [2.45, 2.75) is 24.2 Å².